The van der Waals surface area contributed by atoms with Gasteiger partial charge in [-0.2, -0.15) is 4.68 Å². The molecule has 0 fully saturated rings. The Morgan fingerprint density at radius 2 is 1.88 bits per heavy atom. The number of hydrogen-bond donors (Lipinski definition) is 0. The third-order valence-corrected chi connectivity index (χ3v) is 3.41. The van der Waals surface area contributed by atoms with Gasteiger partial charge >= 0.3 is 5.97 Å². The SMILES string of the molecule is O=C(C=Cc1ccc(Cl)cc1)OCc1nnnn1-c1ccccc1. The zero-order chi connectivity index (χ0) is 16.8. The molecule has 0 saturated carbocycles. The molecule has 1 heterocycles. The van der Waals surface area contributed by atoms with Gasteiger partial charge in [0.05, 0.1) is 5.69 Å². The second kappa shape index (κ2) is 7.52. The van der Waals surface area contributed by atoms with E-state index in [0.717, 1.165) is 11.3 Å². The molecule has 1 aromatic heterocycles. The van der Waals surface area contributed by atoms with E-state index < -0.39 is 5.97 Å². The molecule has 6 nitrogen and oxygen atoms in total. The maximum Gasteiger partial charge on any atom is 0.331 e. The third-order valence-electron chi connectivity index (χ3n) is 3.16. The van der Waals surface area contributed by atoms with Gasteiger partial charge in [-0.25, -0.2) is 4.79 Å². The summed E-state index contributed by atoms with van der Waals surface area (Å²) in [5, 5.41) is 12.0. The Morgan fingerprint density at radius 1 is 1.12 bits per heavy atom. The highest BCUT2D eigenvalue weighted by atomic mass is 35.5. The quantitative estimate of drug-likeness (QED) is 0.527. The molecule has 120 valence electrons. The summed E-state index contributed by atoms with van der Waals surface area (Å²) in [4.78, 5) is 11.8. The number of carbonyl (C=O) groups excluding carboxylic acids is 1. The summed E-state index contributed by atoms with van der Waals surface area (Å²) >= 11 is 5.81. The Labute approximate surface area is 143 Å². The van der Waals surface area contributed by atoms with E-state index in [1.165, 1.54) is 10.8 Å². The molecule has 0 bridgehead atoms. The lowest BCUT2D eigenvalue weighted by atomic mass is 10.2. The van der Waals surface area contributed by atoms with E-state index >= 15 is 0 Å². The van der Waals surface area contributed by atoms with Gasteiger partial charge in [0.2, 0.25) is 0 Å². The van der Waals surface area contributed by atoms with E-state index in [1.54, 1.807) is 18.2 Å². The number of para-hydroxylation sites is 1. The summed E-state index contributed by atoms with van der Waals surface area (Å²) in [6, 6.07) is 16.5. The van der Waals surface area contributed by atoms with E-state index in [0.29, 0.717) is 10.8 Å². The normalized spacial score (nSPS) is 10.9. The van der Waals surface area contributed by atoms with E-state index in [4.69, 9.17) is 16.3 Å². The molecule has 0 unspecified atom stereocenters. The zero-order valence-corrected chi connectivity index (χ0v) is 13.3. The number of halogens is 1. The first kappa shape index (κ1) is 15.9. The lowest BCUT2D eigenvalue weighted by Gasteiger charge is -2.04. The minimum atomic E-state index is -0.479. The van der Waals surface area contributed by atoms with Crippen LogP contribution in [-0.4, -0.2) is 26.2 Å². The first-order chi connectivity index (χ1) is 11.7. The number of rotatable bonds is 5. The molecule has 0 amide bonds. The van der Waals surface area contributed by atoms with Crippen molar-refractivity contribution < 1.29 is 9.53 Å². The molecule has 0 aliphatic heterocycles. The largest absolute Gasteiger partial charge is 0.454 e. The van der Waals surface area contributed by atoms with Gasteiger partial charge in [0.15, 0.2) is 12.4 Å². The molecule has 3 rings (SSSR count). The minimum absolute atomic E-state index is 0.0221. The van der Waals surface area contributed by atoms with Crippen LogP contribution in [0.3, 0.4) is 0 Å². The average Bonchev–Trinajstić information content (AvgIpc) is 3.09. The van der Waals surface area contributed by atoms with Crippen LogP contribution in [0.5, 0.6) is 0 Å². The third kappa shape index (κ3) is 4.05. The van der Waals surface area contributed by atoms with Gasteiger partial charge < -0.3 is 4.74 Å². The van der Waals surface area contributed by atoms with E-state index in [1.807, 2.05) is 42.5 Å². The molecule has 0 spiro atoms. The van der Waals surface area contributed by atoms with Crippen molar-refractivity contribution in [1.29, 1.82) is 0 Å². The summed E-state index contributed by atoms with van der Waals surface area (Å²) in [7, 11) is 0. The van der Waals surface area contributed by atoms with E-state index in [2.05, 4.69) is 15.5 Å². The van der Waals surface area contributed by atoms with Crippen molar-refractivity contribution in [3.63, 3.8) is 0 Å². The molecule has 0 aliphatic carbocycles. The molecule has 0 atom stereocenters. The second-order valence-corrected chi connectivity index (χ2v) is 5.27. The summed E-state index contributed by atoms with van der Waals surface area (Å²) in [5.41, 5.74) is 1.65. The lowest BCUT2D eigenvalue weighted by Crippen LogP contribution is -2.08. The minimum Gasteiger partial charge on any atom is -0.454 e. The maximum atomic E-state index is 11.8. The van der Waals surface area contributed by atoms with Crippen LogP contribution in [0.1, 0.15) is 11.4 Å². The standard InChI is InChI=1S/C17H13ClN4O2/c18-14-9-6-13(7-10-14)8-11-17(23)24-12-16-19-20-21-22(16)15-4-2-1-3-5-15/h1-11H,12H2. The highest BCUT2D eigenvalue weighted by Crippen LogP contribution is 2.11. The summed E-state index contributed by atoms with van der Waals surface area (Å²) in [6.07, 6.45) is 3.00. The highest BCUT2D eigenvalue weighted by molar-refractivity contribution is 6.30. The van der Waals surface area contributed by atoms with Crippen molar-refractivity contribution in [2.24, 2.45) is 0 Å². The Hall–Kier alpha value is -2.99. The zero-order valence-electron chi connectivity index (χ0n) is 12.5. The first-order valence-corrected chi connectivity index (χ1v) is 7.53. The first-order valence-electron chi connectivity index (χ1n) is 7.15. The van der Waals surface area contributed by atoms with Crippen molar-refractivity contribution >= 4 is 23.6 Å². The van der Waals surface area contributed by atoms with Crippen molar-refractivity contribution in [3.05, 3.63) is 77.1 Å². The fourth-order valence-corrected chi connectivity index (χ4v) is 2.11. The molecular weight excluding hydrogens is 328 g/mol. The Balaban J connectivity index is 1.61. The van der Waals surface area contributed by atoms with Crippen molar-refractivity contribution in [3.8, 4) is 5.69 Å². The Kier molecular flexibility index (Phi) is 4.98. The number of esters is 1. The summed E-state index contributed by atoms with van der Waals surface area (Å²) in [6.45, 7) is -0.0221. The topological polar surface area (TPSA) is 69.9 Å². The average molecular weight is 341 g/mol. The van der Waals surface area contributed by atoms with Crippen LogP contribution in [0.15, 0.2) is 60.7 Å². The number of hydrogen-bond acceptors (Lipinski definition) is 5. The monoisotopic (exact) mass is 340 g/mol. The molecule has 24 heavy (non-hydrogen) atoms. The smallest absolute Gasteiger partial charge is 0.331 e. The van der Waals surface area contributed by atoms with Crippen molar-refractivity contribution in [2.45, 2.75) is 6.61 Å². The van der Waals surface area contributed by atoms with Crippen LogP contribution in [0.4, 0.5) is 0 Å². The van der Waals surface area contributed by atoms with Gasteiger partial charge in [-0.15, -0.1) is 5.10 Å². The fourth-order valence-electron chi connectivity index (χ4n) is 1.99. The van der Waals surface area contributed by atoms with Gasteiger partial charge in [-0.1, -0.05) is 41.9 Å². The van der Waals surface area contributed by atoms with Gasteiger partial charge in [-0.3, -0.25) is 0 Å². The lowest BCUT2D eigenvalue weighted by molar-refractivity contribution is -0.139. The van der Waals surface area contributed by atoms with Gasteiger partial charge in [0.25, 0.3) is 0 Å². The van der Waals surface area contributed by atoms with Crippen LogP contribution in [0.2, 0.25) is 5.02 Å². The molecule has 2 aromatic carbocycles. The molecule has 0 radical (unpaired) electrons. The van der Waals surface area contributed by atoms with Crippen LogP contribution < -0.4 is 0 Å². The number of benzene rings is 2. The van der Waals surface area contributed by atoms with Crippen LogP contribution in [0, 0.1) is 0 Å². The number of ether oxygens (including phenoxy) is 1. The Morgan fingerprint density at radius 3 is 2.62 bits per heavy atom. The number of nitrogens with zero attached hydrogens (tertiary/aromatic N) is 4. The number of tetrazole rings is 1. The van der Waals surface area contributed by atoms with Crippen LogP contribution in [-0.2, 0) is 16.1 Å². The molecule has 7 heteroatoms. The summed E-state index contributed by atoms with van der Waals surface area (Å²) < 4.78 is 6.70. The van der Waals surface area contributed by atoms with E-state index in [9.17, 15) is 4.79 Å². The van der Waals surface area contributed by atoms with Crippen molar-refractivity contribution in [2.75, 3.05) is 0 Å². The van der Waals surface area contributed by atoms with E-state index in [-0.39, 0.29) is 6.61 Å². The molecule has 0 saturated heterocycles. The predicted octanol–water partition coefficient (Wildman–Crippen LogP) is 3.07. The Bertz CT molecular complexity index is 845. The molecule has 0 N–H and O–H groups in total. The summed E-state index contributed by atoms with van der Waals surface area (Å²) in [5.74, 6) is -0.0398. The van der Waals surface area contributed by atoms with Crippen molar-refractivity contribution in [1.82, 2.24) is 20.2 Å². The maximum absolute atomic E-state index is 11.8. The van der Waals surface area contributed by atoms with Crippen LogP contribution in [0.25, 0.3) is 11.8 Å². The van der Waals surface area contributed by atoms with Gasteiger partial charge in [0.1, 0.15) is 0 Å². The number of carbonyl (C=O) groups is 1. The molecular formula is C17H13ClN4O2. The molecule has 3 aromatic rings. The van der Waals surface area contributed by atoms with Crippen LogP contribution >= 0.6 is 11.6 Å². The highest BCUT2D eigenvalue weighted by Gasteiger charge is 2.09. The molecule has 0 aliphatic rings. The van der Waals surface area contributed by atoms with Gasteiger partial charge in [-0.05, 0) is 46.3 Å². The number of aromatic nitrogens is 4. The predicted molar refractivity (Wildman–Crippen MR) is 89.4 cm³/mol. The fraction of sp³-hybridized carbons (Fsp3) is 0.0588. The van der Waals surface area contributed by atoms with Gasteiger partial charge in [0, 0.05) is 11.1 Å². The second-order valence-electron chi connectivity index (χ2n) is 4.84.